The first-order valence-corrected chi connectivity index (χ1v) is 9.21. The molecule has 0 saturated carbocycles. The van der Waals surface area contributed by atoms with Gasteiger partial charge in [0, 0.05) is 42.2 Å². The van der Waals surface area contributed by atoms with Crippen LogP contribution in [0.5, 0.6) is 0 Å². The molecule has 3 aromatic rings. The summed E-state index contributed by atoms with van der Waals surface area (Å²) in [4.78, 5) is 21.9. The van der Waals surface area contributed by atoms with Crippen molar-refractivity contribution in [3.05, 3.63) is 71.0 Å². The van der Waals surface area contributed by atoms with Crippen molar-refractivity contribution in [2.75, 3.05) is 6.54 Å². The van der Waals surface area contributed by atoms with Crippen LogP contribution in [0.1, 0.15) is 22.6 Å². The number of nitrogens with zero attached hydrogens (tertiary/aromatic N) is 2. The number of hydrogen-bond donors (Lipinski definition) is 1. The van der Waals surface area contributed by atoms with Gasteiger partial charge in [-0.15, -0.1) is 11.3 Å². The number of pyridine rings is 1. The van der Waals surface area contributed by atoms with Crippen LogP contribution >= 0.6 is 11.3 Å². The number of benzene rings is 1. The molecule has 4 nitrogen and oxygen atoms in total. The standard InChI is InChI=1S/C20H21N3OS/c1-15-18(25-20(23-15)17-9-12-21-13-10-17)11-14-22-19(24)8-7-16-5-3-2-4-6-16/h2-6,9-10,12-13H,7-8,11,14H2,1H3,(H,22,24). The Morgan fingerprint density at radius 1 is 1.08 bits per heavy atom. The Bertz CT molecular complexity index is 815. The molecule has 0 aliphatic carbocycles. The molecule has 0 radical (unpaired) electrons. The largest absolute Gasteiger partial charge is 0.356 e. The smallest absolute Gasteiger partial charge is 0.220 e. The third-order valence-corrected chi connectivity index (χ3v) is 5.24. The summed E-state index contributed by atoms with van der Waals surface area (Å²) in [5, 5.41) is 4.01. The van der Waals surface area contributed by atoms with Gasteiger partial charge in [-0.3, -0.25) is 9.78 Å². The molecule has 2 heterocycles. The van der Waals surface area contributed by atoms with Crippen molar-refractivity contribution in [3.8, 4) is 10.6 Å². The lowest BCUT2D eigenvalue weighted by Crippen LogP contribution is -2.25. The molecule has 0 fully saturated rings. The second kappa shape index (κ2) is 8.53. The molecule has 128 valence electrons. The van der Waals surface area contributed by atoms with Crippen molar-refractivity contribution in [2.24, 2.45) is 0 Å². The summed E-state index contributed by atoms with van der Waals surface area (Å²) in [6.07, 6.45) is 5.66. The maximum Gasteiger partial charge on any atom is 0.220 e. The monoisotopic (exact) mass is 351 g/mol. The van der Waals surface area contributed by atoms with Gasteiger partial charge in [0.15, 0.2) is 0 Å². The zero-order chi connectivity index (χ0) is 17.5. The summed E-state index contributed by atoms with van der Waals surface area (Å²) in [5.74, 6) is 0.0976. The topological polar surface area (TPSA) is 54.9 Å². The van der Waals surface area contributed by atoms with Crippen molar-refractivity contribution in [1.29, 1.82) is 0 Å². The van der Waals surface area contributed by atoms with Crippen LogP contribution in [-0.2, 0) is 17.6 Å². The van der Waals surface area contributed by atoms with Crippen molar-refractivity contribution in [1.82, 2.24) is 15.3 Å². The maximum atomic E-state index is 12.0. The Kier molecular flexibility index (Phi) is 5.90. The maximum absolute atomic E-state index is 12.0. The van der Waals surface area contributed by atoms with Gasteiger partial charge in [-0.1, -0.05) is 30.3 Å². The van der Waals surface area contributed by atoms with E-state index in [9.17, 15) is 4.79 Å². The number of hydrogen-bond acceptors (Lipinski definition) is 4. The number of carbonyl (C=O) groups excluding carboxylic acids is 1. The summed E-state index contributed by atoms with van der Waals surface area (Å²) >= 11 is 1.68. The molecule has 0 spiro atoms. The minimum absolute atomic E-state index is 0.0976. The van der Waals surface area contributed by atoms with Gasteiger partial charge in [-0.2, -0.15) is 0 Å². The molecule has 0 saturated heterocycles. The first kappa shape index (κ1) is 17.3. The molecule has 1 N–H and O–H groups in total. The van der Waals surface area contributed by atoms with Crippen LogP contribution in [0, 0.1) is 6.92 Å². The minimum Gasteiger partial charge on any atom is -0.356 e. The van der Waals surface area contributed by atoms with E-state index in [0.29, 0.717) is 13.0 Å². The van der Waals surface area contributed by atoms with Crippen LogP contribution in [0.15, 0.2) is 54.9 Å². The Morgan fingerprint density at radius 2 is 1.84 bits per heavy atom. The molecular weight excluding hydrogens is 330 g/mol. The summed E-state index contributed by atoms with van der Waals surface area (Å²) in [6.45, 7) is 2.67. The average Bonchev–Trinajstić information content (AvgIpc) is 3.02. The Labute approximate surface area is 152 Å². The Balaban J connectivity index is 1.47. The first-order chi connectivity index (χ1) is 12.2. The summed E-state index contributed by atoms with van der Waals surface area (Å²) in [6, 6.07) is 14.0. The molecule has 0 aliphatic rings. The minimum atomic E-state index is 0.0976. The first-order valence-electron chi connectivity index (χ1n) is 8.39. The van der Waals surface area contributed by atoms with Gasteiger partial charge in [-0.05, 0) is 31.0 Å². The molecule has 0 unspecified atom stereocenters. The normalized spacial score (nSPS) is 10.6. The molecule has 0 atom stereocenters. The van der Waals surface area contributed by atoms with Gasteiger partial charge in [0.1, 0.15) is 5.01 Å². The van der Waals surface area contributed by atoms with Gasteiger partial charge in [-0.25, -0.2) is 4.98 Å². The van der Waals surface area contributed by atoms with E-state index in [4.69, 9.17) is 0 Å². The van der Waals surface area contributed by atoms with E-state index in [0.717, 1.165) is 29.1 Å². The van der Waals surface area contributed by atoms with E-state index < -0.39 is 0 Å². The number of amides is 1. The molecule has 0 aliphatic heterocycles. The van der Waals surface area contributed by atoms with Gasteiger partial charge in [0.2, 0.25) is 5.91 Å². The highest BCUT2D eigenvalue weighted by atomic mass is 32.1. The van der Waals surface area contributed by atoms with E-state index >= 15 is 0 Å². The van der Waals surface area contributed by atoms with Gasteiger partial charge < -0.3 is 5.32 Å². The van der Waals surface area contributed by atoms with Crippen LogP contribution in [0.2, 0.25) is 0 Å². The van der Waals surface area contributed by atoms with Crippen molar-refractivity contribution in [2.45, 2.75) is 26.2 Å². The Morgan fingerprint density at radius 3 is 2.60 bits per heavy atom. The molecule has 2 aromatic heterocycles. The SMILES string of the molecule is Cc1nc(-c2ccncc2)sc1CCNC(=O)CCc1ccccc1. The van der Waals surface area contributed by atoms with Gasteiger partial charge in [0.25, 0.3) is 0 Å². The summed E-state index contributed by atoms with van der Waals surface area (Å²) < 4.78 is 0. The lowest BCUT2D eigenvalue weighted by Gasteiger charge is -2.05. The van der Waals surface area contributed by atoms with Crippen LogP contribution in [0.25, 0.3) is 10.6 Å². The average molecular weight is 351 g/mol. The predicted octanol–water partition coefficient (Wildman–Crippen LogP) is 3.81. The highest BCUT2D eigenvalue weighted by Gasteiger charge is 2.10. The third-order valence-electron chi connectivity index (χ3n) is 3.98. The van der Waals surface area contributed by atoms with Crippen LogP contribution < -0.4 is 5.32 Å². The van der Waals surface area contributed by atoms with E-state index in [1.54, 1.807) is 23.7 Å². The second-order valence-electron chi connectivity index (χ2n) is 5.85. The second-order valence-corrected chi connectivity index (χ2v) is 6.93. The van der Waals surface area contributed by atoms with Crippen molar-refractivity contribution in [3.63, 3.8) is 0 Å². The van der Waals surface area contributed by atoms with E-state index in [1.807, 2.05) is 37.3 Å². The zero-order valence-electron chi connectivity index (χ0n) is 14.2. The number of nitrogens with one attached hydrogen (secondary N) is 1. The molecule has 3 rings (SSSR count). The molecule has 25 heavy (non-hydrogen) atoms. The highest BCUT2D eigenvalue weighted by Crippen LogP contribution is 2.27. The van der Waals surface area contributed by atoms with E-state index in [1.165, 1.54) is 10.4 Å². The van der Waals surface area contributed by atoms with E-state index in [2.05, 4.69) is 27.4 Å². The van der Waals surface area contributed by atoms with Crippen LogP contribution in [0.3, 0.4) is 0 Å². The molecular formula is C20H21N3OS. The zero-order valence-corrected chi connectivity index (χ0v) is 15.1. The lowest BCUT2D eigenvalue weighted by atomic mass is 10.1. The van der Waals surface area contributed by atoms with Gasteiger partial charge in [0.05, 0.1) is 5.69 Å². The third kappa shape index (κ3) is 4.97. The number of carbonyl (C=O) groups is 1. The Hall–Kier alpha value is -2.53. The fraction of sp³-hybridized carbons (Fsp3) is 0.250. The number of rotatable bonds is 7. The number of aromatic nitrogens is 2. The van der Waals surface area contributed by atoms with Crippen LogP contribution in [0.4, 0.5) is 0 Å². The van der Waals surface area contributed by atoms with Crippen molar-refractivity contribution >= 4 is 17.2 Å². The predicted molar refractivity (Wildman–Crippen MR) is 102 cm³/mol. The van der Waals surface area contributed by atoms with Crippen molar-refractivity contribution < 1.29 is 4.79 Å². The van der Waals surface area contributed by atoms with Gasteiger partial charge >= 0.3 is 0 Å². The fourth-order valence-electron chi connectivity index (χ4n) is 2.58. The van der Waals surface area contributed by atoms with Crippen LogP contribution in [-0.4, -0.2) is 22.4 Å². The molecule has 0 bridgehead atoms. The highest BCUT2D eigenvalue weighted by molar-refractivity contribution is 7.15. The summed E-state index contributed by atoms with van der Waals surface area (Å²) in [7, 11) is 0. The molecule has 1 amide bonds. The number of thiazole rings is 1. The number of aryl methyl sites for hydroxylation is 2. The summed E-state index contributed by atoms with van der Waals surface area (Å²) in [5.41, 5.74) is 3.31. The molecule has 5 heteroatoms. The fourth-order valence-corrected chi connectivity index (χ4v) is 3.65. The van der Waals surface area contributed by atoms with E-state index in [-0.39, 0.29) is 5.91 Å². The molecule has 1 aromatic carbocycles. The quantitative estimate of drug-likeness (QED) is 0.704. The lowest BCUT2D eigenvalue weighted by molar-refractivity contribution is -0.121.